The van der Waals surface area contributed by atoms with Gasteiger partial charge in [0, 0.05) is 54.3 Å². The Labute approximate surface area is 346 Å². The molecule has 5 heteroatoms. The highest BCUT2D eigenvalue weighted by molar-refractivity contribution is 6.38. The summed E-state index contributed by atoms with van der Waals surface area (Å²) in [7, 11) is 0. The molecule has 1 aliphatic rings. The van der Waals surface area contributed by atoms with Crippen molar-refractivity contribution in [2.24, 2.45) is 0 Å². The lowest BCUT2D eigenvalue weighted by Crippen LogP contribution is -2.05. The fourth-order valence-corrected chi connectivity index (χ4v) is 11.0. The molecule has 4 aromatic heterocycles. The van der Waals surface area contributed by atoms with Crippen LogP contribution in [0.2, 0.25) is 0 Å². The van der Waals surface area contributed by atoms with Crippen LogP contribution in [-0.4, -0.2) is 19.1 Å². The Morgan fingerprint density at radius 3 is 1.70 bits per heavy atom. The molecule has 0 saturated heterocycles. The van der Waals surface area contributed by atoms with Crippen LogP contribution < -0.4 is 0 Å². The van der Waals surface area contributed by atoms with E-state index in [2.05, 4.69) is 191 Å². The van der Waals surface area contributed by atoms with Gasteiger partial charge in [-0.15, -0.1) is 0 Å². The van der Waals surface area contributed by atoms with Gasteiger partial charge in [-0.1, -0.05) is 133 Å². The molecule has 0 atom stereocenters. The van der Waals surface area contributed by atoms with Gasteiger partial charge >= 0.3 is 0 Å². The minimum atomic E-state index is 0.793. The van der Waals surface area contributed by atoms with Gasteiger partial charge in [0.2, 0.25) is 0 Å². The van der Waals surface area contributed by atoms with Crippen LogP contribution in [0.4, 0.5) is 0 Å². The average molecular weight is 775 g/mol. The van der Waals surface area contributed by atoms with Crippen molar-refractivity contribution in [1.82, 2.24) is 19.1 Å². The third-order valence-electron chi connectivity index (χ3n) is 13.4. The van der Waals surface area contributed by atoms with Gasteiger partial charge in [-0.3, -0.25) is 4.57 Å². The summed E-state index contributed by atoms with van der Waals surface area (Å²) in [4.78, 5) is 11.8. The Hall–Kier alpha value is -8.28. The summed E-state index contributed by atoms with van der Waals surface area (Å²) in [6.07, 6.45) is 0. The van der Waals surface area contributed by atoms with Gasteiger partial charge < -0.3 is 8.98 Å². The van der Waals surface area contributed by atoms with E-state index in [1.54, 1.807) is 0 Å². The van der Waals surface area contributed by atoms with E-state index >= 15 is 0 Å². The number of fused-ring (bicyclic) bond motifs is 10. The number of benzene rings is 10. The van der Waals surface area contributed by atoms with Crippen LogP contribution in [0, 0.1) is 0 Å². The first-order valence-corrected chi connectivity index (χ1v) is 20.8. The first kappa shape index (κ1) is 31.7. The summed E-state index contributed by atoms with van der Waals surface area (Å²) < 4.78 is 11.4. The summed E-state index contributed by atoms with van der Waals surface area (Å²) in [6, 6.07) is 65.4. The molecule has 15 rings (SSSR count). The number of nitrogens with zero attached hydrogens (tertiary/aromatic N) is 4. The Bertz CT molecular complexity index is 4280. The van der Waals surface area contributed by atoms with Gasteiger partial charge in [-0.25, -0.2) is 9.97 Å². The Morgan fingerprint density at radius 2 is 0.902 bits per heavy atom. The number of furan rings is 1. The molecule has 14 aromatic rings. The van der Waals surface area contributed by atoms with E-state index in [0.29, 0.717) is 0 Å². The SMILES string of the molecule is c1ccc(-n2c3ccccc3c3c(-c4nc5c6ccccc6c6ccccc6c5nc4-n4c5ccc6cccc7c6c5c5c6c(ccc54)oc4cccc-7c46)cccc32)cc1. The zero-order chi connectivity index (χ0) is 39.5. The van der Waals surface area contributed by atoms with Crippen molar-refractivity contribution < 1.29 is 4.42 Å². The molecule has 0 N–H and O–H groups in total. The minimum absolute atomic E-state index is 0.793. The summed E-state index contributed by atoms with van der Waals surface area (Å²) in [5.41, 5.74) is 13.4. The Balaban J connectivity index is 1.19. The highest BCUT2D eigenvalue weighted by atomic mass is 16.3. The quantitative estimate of drug-likeness (QED) is 0.168. The minimum Gasteiger partial charge on any atom is -0.456 e. The van der Waals surface area contributed by atoms with Crippen LogP contribution in [-0.2, 0) is 0 Å². The zero-order valence-electron chi connectivity index (χ0n) is 32.5. The standard InChI is InChI=1S/C56H30N4O/c1-2-14-32(15-3-1)59-41-24-9-8-20-39(41)48-40(23-11-25-42(48)59)55-56(58-54-38-19-7-5-17-34(38)33-16-4-6-18-37(33)53(54)57-55)60-43-28-27-31-13-10-21-35-36-22-12-26-45-49(36)52-46(61-45)30-29-44(60)51(52)50(43)47(31)35/h1-30H. The van der Waals surface area contributed by atoms with Crippen LogP contribution in [0.25, 0.3) is 143 Å². The van der Waals surface area contributed by atoms with Gasteiger partial charge in [-0.2, -0.15) is 0 Å². The van der Waals surface area contributed by atoms with E-state index in [1.165, 1.54) is 43.4 Å². The van der Waals surface area contributed by atoms with E-state index in [9.17, 15) is 0 Å². The number of rotatable bonds is 3. The second kappa shape index (κ2) is 11.3. The second-order valence-electron chi connectivity index (χ2n) is 16.4. The van der Waals surface area contributed by atoms with Gasteiger partial charge in [0.05, 0.1) is 33.1 Å². The van der Waals surface area contributed by atoms with Gasteiger partial charge in [-0.05, 0) is 81.2 Å². The van der Waals surface area contributed by atoms with E-state index < -0.39 is 0 Å². The third-order valence-corrected chi connectivity index (χ3v) is 13.4. The molecule has 280 valence electrons. The molecule has 0 amide bonds. The van der Waals surface area contributed by atoms with Crippen LogP contribution >= 0.6 is 0 Å². The summed E-state index contributed by atoms with van der Waals surface area (Å²) in [5.74, 6) is 0.793. The maximum absolute atomic E-state index is 6.66. The monoisotopic (exact) mass is 774 g/mol. The molecule has 10 aromatic carbocycles. The summed E-state index contributed by atoms with van der Waals surface area (Å²) >= 11 is 0. The van der Waals surface area contributed by atoms with E-state index in [0.717, 1.165) is 99.3 Å². The van der Waals surface area contributed by atoms with Crippen molar-refractivity contribution in [2.75, 3.05) is 0 Å². The molecule has 4 heterocycles. The third kappa shape index (κ3) is 3.91. The van der Waals surface area contributed by atoms with E-state index in [-0.39, 0.29) is 0 Å². The number of hydrogen-bond acceptors (Lipinski definition) is 3. The van der Waals surface area contributed by atoms with Crippen LogP contribution in [0.1, 0.15) is 0 Å². The van der Waals surface area contributed by atoms with Crippen LogP contribution in [0.5, 0.6) is 0 Å². The Morgan fingerprint density at radius 1 is 0.328 bits per heavy atom. The van der Waals surface area contributed by atoms with Crippen molar-refractivity contribution in [3.8, 4) is 33.9 Å². The highest BCUT2D eigenvalue weighted by Crippen LogP contribution is 2.52. The smallest absolute Gasteiger partial charge is 0.165 e. The lowest BCUT2D eigenvalue weighted by molar-refractivity contribution is 0.669. The molecular weight excluding hydrogens is 745 g/mol. The summed E-state index contributed by atoms with van der Waals surface area (Å²) in [5, 5.41) is 14.0. The maximum Gasteiger partial charge on any atom is 0.165 e. The van der Waals surface area contributed by atoms with E-state index in [1.807, 2.05) is 0 Å². The van der Waals surface area contributed by atoms with Crippen molar-refractivity contribution in [3.05, 3.63) is 182 Å². The number of aromatic nitrogens is 4. The Kier molecular flexibility index (Phi) is 5.85. The highest BCUT2D eigenvalue weighted by Gasteiger charge is 2.29. The maximum atomic E-state index is 6.66. The fraction of sp³-hybridized carbons (Fsp3) is 0. The predicted molar refractivity (Wildman–Crippen MR) is 252 cm³/mol. The van der Waals surface area contributed by atoms with Crippen molar-refractivity contribution in [1.29, 1.82) is 0 Å². The van der Waals surface area contributed by atoms with Gasteiger partial charge in [0.1, 0.15) is 16.9 Å². The molecule has 0 spiro atoms. The van der Waals surface area contributed by atoms with Crippen LogP contribution in [0.3, 0.4) is 0 Å². The lowest BCUT2D eigenvalue weighted by Gasteiger charge is -2.17. The predicted octanol–water partition coefficient (Wildman–Crippen LogP) is 14.8. The topological polar surface area (TPSA) is 48.8 Å². The molecule has 1 aliphatic carbocycles. The van der Waals surface area contributed by atoms with Crippen molar-refractivity contribution in [3.63, 3.8) is 0 Å². The molecule has 0 fully saturated rings. The first-order chi connectivity index (χ1) is 30.3. The molecular formula is C56H30N4O. The lowest BCUT2D eigenvalue weighted by atomic mass is 9.95. The molecule has 5 nitrogen and oxygen atoms in total. The van der Waals surface area contributed by atoms with Crippen molar-refractivity contribution in [2.45, 2.75) is 0 Å². The second-order valence-corrected chi connectivity index (χ2v) is 16.4. The number of para-hydroxylation sites is 2. The van der Waals surface area contributed by atoms with Crippen molar-refractivity contribution >= 4 is 109 Å². The van der Waals surface area contributed by atoms with Gasteiger partial charge in [0.25, 0.3) is 0 Å². The number of hydrogen-bond donors (Lipinski definition) is 0. The normalized spacial score (nSPS) is 12.6. The molecule has 0 radical (unpaired) electrons. The largest absolute Gasteiger partial charge is 0.456 e. The summed E-state index contributed by atoms with van der Waals surface area (Å²) in [6.45, 7) is 0. The molecule has 0 aliphatic heterocycles. The average Bonchev–Trinajstić information content (AvgIpc) is 3.96. The first-order valence-electron chi connectivity index (χ1n) is 20.8. The molecule has 0 saturated carbocycles. The van der Waals surface area contributed by atoms with Crippen LogP contribution in [0.15, 0.2) is 186 Å². The molecule has 61 heavy (non-hydrogen) atoms. The molecule has 0 unspecified atom stereocenters. The zero-order valence-corrected chi connectivity index (χ0v) is 32.5. The fourth-order valence-electron chi connectivity index (χ4n) is 11.0. The molecule has 0 bridgehead atoms. The van der Waals surface area contributed by atoms with Gasteiger partial charge in [0.15, 0.2) is 5.82 Å². The van der Waals surface area contributed by atoms with E-state index in [4.69, 9.17) is 14.4 Å².